The van der Waals surface area contributed by atoms with Crippen LogP contribution in [0.25, 0.3) is 0 Å². The first-order chi connectivity index (χ1) is 10.8. The minimum atomic E-state index is -0.148. The molecule has 126 valence electrons. The van der Waals surface area contributed by atoms with Crippen LogP contribution in [0.15, 0.2) is 10.7 Å². The van der Waals surface area contributed by atoms with Crippen LogP contribution in [-0.2, 0) is 6.54 Å². The van der Waals surface area contributed by atoms with Crippen LogP contribution in [0, 0.1) is 0 Å². The van der Waals surface area contributed by atoms with Gasteiger partial charge in [0, 0.05) is 6.54 Å². The number of rotatable bonds is 13. The highest BCUT2D eigenvalue weighted by molar-refractivity contribution is 5.91. The van der Waals surface area contributed by atoms with E-state index in [1.54, 1.807) is 0 Å². The maximum absolute atomic E-state index is 11.8. The van der Waals surface area contributed by atoms with E-state index in [1.165, 1.54) is 57.6 Å². The summed E-state index contributed by atoms with van der Waals surface area (Å²) < 4.78 is 5.19. The lowest BCUT2D eigenvalue weighted by Crippen LogP contribution is -2.24. The lowest BCUT2D eigenvalue weighted by atomic mass is 10.1. The molecule has 1 rings (SSSR count). The van der Waals surface area contributed by atoms with Crippen molar-refractivity contribution in [1.82, 2.24) is 15.6 Å². The second-order valence-electron chi connectivity index (χ2n) is 5.74. The summed E-state index contributed by atoms with van der Waals surface area (Å²) in [5, 5.41) is 5.83. The summed E-state index contributed by atoms with van der Waals surface area (Å²) in [6.07, 6.45) is 13.0. The molecule has 0 aliphatic carbocycles. The van der Waals surface area contributed by atoms with Crippen LogP contribution in [0.3, 0.4) is 0 Å². The topological polar surface area (TPSA) is 67.2 Å². The van der Waals surface area contributed by atoms with E-state index in [0.29, 0.717) is 24.7 Å². The minimum absolute atomic E-state index is 0.148. The van der Waals surface area contributed by atoms with Crippen molar-refractivity contribution in [3.63, 3.8) is 0 Å². The largest absolute Gasteiger partial charge is 0.447 e. The van der Waals surface area contributed by atoms with E-state index in [0.717, 1.165) is 6.42 Å². The number of nitrogens with one attached hydrogen (secondary N) is 2. The average molecular weight is 309 g/mol. The molecule has 1 heterocycles. The van der Waals surface area contributed by atoms with Crippen molar-refractivity contribution >= 4 is 5.91 Å². The van der Waals surface area contributed by atoms with Gasteiger partial charge in [0.25, 0.3) is 5.91 Å². The molecule has 1 aromatic rings. The molecule has 22 heavy (non-hydrogen) atoms. The SMILES string of the molecule is CCCCCCCCCCCNC(=O)c1coc(CNC)n1. The highest BCUT2D eigenvalue weighted by Gasteiger charge is 2.10. The summed E-state index contributed by atoms with van der Waals surface area (Å²) in [6, 6.07) is 0. The Labute approximate surface area is 134 Å². The Morgan fingerprint density at radius 3 is 2.36 bits per heavy atom. The van der Waals surface area contributed by atoms with E-state index in [-0.39, 0.29) is 5.91 Å². The molecule has 0 aromatic carbocycles. The molecule has 0 aliphatic heterocycles. The second-order valence-corrected chi connectivity index (χ2v) is 5.74. The summed E-state index contributed by atoms with van der Waals surface area (Å²) >= 11 is 0. The Hall–Kier alpha value is -1.36. The van der Waals surface area contributed by atoms with Gasteiger partial charge in [0.1, 0.15) is 6.26 Å². The zero-order chi connectivity index (χ0) is 16.0. The smallest absolute Gasteiger partial charge is 0.273 e. The standard InChI is InChI=1S/C17H31N3O2/c1-3-4-5-6-7-8-9-10-11-12-19-17(21)15-14-22-16(20-15)13-18-2/h14,18H,3-13H2,1-2H3,(H,19,21). The number of amides is 1. The van der Waals surface area contributed by atoms with E-state index in [4.69, 9.17) is 4.42 Å². The van der Waals surface area contributed by atoms with Crippen molar-refractivity contribution in [3.05, 3.63) is 17.8 Å². The normalized spacial score (nSPS) is 10.8. The van der Waals surface area contributed by atoms with Gasteiger partial charge in [-0.25, -0.2) is 4.98 Å². The Balaban J connectivity index is 1.98. The first kappa shape index (κ1) is 18.7. The van der Waals surface area contributed by atoms with Crippen LogP contribution >= 0.6 is 0 Å². The molecular weight excluding hydrogens is 278 g/mol. The molecule has 5 nitrogen and oxygen atoms in total. The average Bonchev–Trinajstić information content (AvgIpc) is 2.98. The fourth-order valence-corrected chi connectivity index (χ4v) is 2.38. The Bertz CT molecular complexity index is 404. The number of unbranched alkanes of at least 4 members (excludes halogenated alkanes) is 8. The highest BCUT2D eigenvalue weighted by Crippen LogP contribution is 2.09. The maximum Gasteiger partial charge on any atom is 0.273 e. The van der Waals surface area contributed by atoms with E-state index in [1.807, 2.05) is 7.05 Å². The number of aromatic nitrogens is 1. The predicted octanol–water partition coefficient (Wildman–Crippen LogP) is 3.65. The first-order valence-corrected chi connectivity index (χ1v) is 8.65. The van der Waals surface area contributed by atoms with Gasteiger partial charge in [0.2, 0.25) is 5.89 Å². The molecule has 0 aliphatic rings. The maximum atomic E-state index is 11.8. The van der Waals surface area contributed by atoms with Crippen LogP contribution < -0.4 is 10.6 Å². The van der Waals surface area contributed by atoms with E-state index in [9.17, 15) is 4.79 Å². The van der Waals surface area contributed by atoms with Crippen LogP contribution in [0.5, 0.6) is 0 Å². The van der Waals surface area contributed by atoms with Crippen molar-refractivity contribution in [3.8, 4) is 0 Å². The molecule has 0 unspecified atom stereocenters. The molecule has 0 bridgehead atoms. The van der Waals surface area contributed by atoms with Gasteiger partial charge < -0.3 is 15.1 Å². The summed E-state index contributed by atoms with van der Waals surface area (Å²) in [5.74, 6) is 0.390. The van der Waals surface area contributed by atoms with Crippen molar-refractivity contribution < 1.29 is 9.21 Å². The van der Waals surface area contributed by atoms with Crippen molar-refractivity contribution in [2.75, 3.05) is 13.6 Å². The van der Waals surface area contributed by atoms with Gasteiger partial charge in [-0.1, -0.05) is 58.3 Å². The van der Waals surface area contributed by atoms with Gasteiger partial charge in [0.15, 0.2) is 5.69 Å². The third-order valence-corrected chi connectivity index (χ3v) is 3.68. The lowest BCUT2D eigenvalue weighted by molar-refractivity contribution is 0.0948. The Morgan fingerprint density at radius 2 is 1.73 bits per heavy atom. The van der Waals surface area contributed by atoms with Gasteiger partial charge in [0.05, 0.1) is 6.54 Å². The van der Waals surface area contributed by atoms with Gasteiger partial charge in [-0.05, 0) is 13.5 Å². The van der Waals surface area contributed by atoms with E-state index < -0.39 is 0 Å². The van der Waals surface area contributed by atoms with Crippen LogP contribution in [0.1, 0.15) is 81.1 Å². The van der Waals surface area contributed by atoms with Gasteiger partial charge in [-0.3, -0.25) is 4.79 Å². The predicted molar refractivity (Wildman–Crippen MR) is 88.8 cm³/mol. The molecule has 5 heteroatoms. The number of hydrogen-bond donors (Lipinski definition) is 2. The quantitative estimate of drug-likeness (QED) is 0.546. The van der Waals surface area contributed by atoms with Gasteiger partial charge >= 0.3 is 0 Å². The summed E-state index contributed by atoms with van der Waals surface area (Å²) in [6.45, 7) is 3.49. The number of carbonyl (C=O) groups is 1. The van der Waals surface area contributed by atoms with Crippen molar-refractivity contribution in [1.29, 1.82) is 0 Å². The van der Waals surface area contributed by atoms with E-state index in [2.05, 4.69) is 22.5 Å². The number of nitrogens with zero attached hydrogens (tertiary/aromatic N) is 1. The van der Waals surface area contributed by atoms with Crippen molar-refractivity contribution in [2.45, 2.75) is 71.3 Å². The zero-order valence-corrected chi connectivity index (χ0v) is 14.1. The molecule has 2 N–H and O–H groups in total. The zero-order valence-electron chi connectivity index (χ0n) is 14.1. The summed E-state index contributed by atoms with van der Waals surface area (Å²) in [4.78, 5) is 16.0. The van der Waals surface area contributed by atoms with Crippen LogP contribution in [0.2, 0.25) is 0 Å². The van der Waals surface area contributed by atoms with Crippen LogP contribution in [0.4, 0.5) is 0 Å². The first-order valence-electron chi connectivity index (χ1n) is 8.65. The summed E-state index contributed by atoms with van der Waals surface area (Å²) in [5.41, 5.74) is 0.362. The molecule has 0 saturated heterocycles. The number of hydrogen-bond acceptors (Lipinski definition) is 4. The number of carbonyl (C=O) groups excluding carboxylic acids is 1. The minimum Gasteiger partial charge on any atom is -0.447 e. The lowest BCUT2D eigenvalue weighted by Gasteiger charge is -2.03. The molecule has 0 atom stereocenters. The Morgan fingerprint density at radius 1 is 1.09 bits per heavy atom. The molecule has 1 amide bonds. The fraction of sp³-hybridized carbons (Fsp3) is 0.765. The molecule has 0 saturated carbocycles. The van der Waals surface area contributed by atoms with Crippen molar-refractivity contribution in [2.24, 2.45) is 0 Å². The Kier molecular flexibility index (Phi) is 10.4. The fourth-order valence-electron chi connectivity index (χ4n) is 2.38. The second kappa shape index (κ2) is 12.2. The number of oxazole rings is 1. The molecule has 1 aromatic heterocycles. The molecule has 0 fully saturated rings. The molecule has 0 spiro atoms. The molecular formula is C17H31N3O2. The van der Waals surface area contributed by atoms with E-state index >= 15 is 0 Å². The van der Waals surface area contributed by atoms with Gasteiger partial charge in [-0.2, -0.15) is 0 Å². The third-order valence-electron chi connectivity index (χ3n) is 3.68. The van der Waals surface area contributed by atoms with Gasteiger partial charge in [-0.15, -0.1) is 0 Å². The van der Waals surface area contributed by atoms with Crippen LogP contribution in [-0.4, -0.2) is 24.5 Å². The summed E-state index contributed by atoms with van der Waals surface area (Å²) in [7, 11) is 1.81. The monoisotopic (exact) mass is 309 g/mol. The highest BCUT2D eigenvalue weighted by atomic mass is 16.3. The third kappa shape index (κ3) is 8.17. The molecule has 0 radical (unpaired) electrons.